The van der Waals surface area contributed by atoms with Crippen molar-refractivity contribution in [3.8, 4) is 0 Å². The first kappa shape index (κ1) is 14.4. The molecule has 0 aromatic rings. The fraction of sp³-hybridized carbons (Fsp3) is 1.00. The average Bonchev–Trinajstić information content (AvgIpc) is 2.15. The molecule has 0 aromatic carbocycles. The fourth-order valence-corrected chi connectivity index (χ4v) is 1.68. The number of ether oxygens (including phenoxy) is 2. The lowest BCUT2D eigenvalue weighted by Crippen LogP contribution is -2.60. The van der Waals surface area contributed by atoms with E-state index in [0.717, 1.165) is 0 Å². The molecule has 7 heteroatoms. The Kier molecular flexibility index (Phi) is 6.31. The first-order chi connectivity index (χ1) is 6.11. The monoisotopic (exact) mass is 245 g/mol. The van der Waals surface area contributed by atoms with Crippen LogP contribution in [0.5, 0.6) is 0 Å². The van der Waals surface area contributed by atoms with Crippen molar-refractivity contribution in [1.82, 2.24) is 0 Å². The van der Waals surface area contributed by atoms with Gasteiger partial charge in [0.05, 0.1) is 18.0 Å². The van der Waals surface area contributed by atoms with Gasteiger partial charge in [-0.15, -0.1) is 12.4 Å². The van der Waals surface area contributed by atoms with E-state index in [4.69, 9.17) is 20.3 Å². The molecule has 0 bridgehead atoms. The Labute approximate surface area is 94.4 Å². The summed E-state index contributed by atoms with van der Waals surface area (Å²) in [7, 11) is 1.47. The predicted molar refractivity (Wildman–Crippen MR) is 56.8 cm³/mol. The van der Waals surface area contributed by atoms with Crippen LogP contribution in [0.1, 0.15) is 0 Å². The Balaban J connectivity index is 0.00000169. The van der Waals surface area contributed by atoms with Gasteiger partial charge in [0.25, 0.3) is 0 Å². The summed E-state index contributed by atoms with van der Waals surface area (Å²) in [6.07, 6.45) is -2.18. The van der Waals surface area contributed by atoms with Gasteiger partial charge >= 0.3 is 0 Å². The SMILES string of the molecule is CO[C@H]1O[C@H](CO)[C@@H](O)[C@@H](N)[C@H]1S.Cl. The third-order valence-corrected chi connectivity index (χ3v) is 2.76. The van der Waals surface area contributed by atoms with Crippen LogP contribution in [0.25, 0.3) is 0 Å². The molecule has 0 saturated carbocycles. The van der Waals surface area contributed by atoms with Gasteiger partial charge in [0, 0.05) is 13.2 Å². The molecule has 1 aliphatic rings. The molecule has 1 heterocycles. The molecule has 86 valence electrons. The molecule has 1 aliphatic heterocycles. The van der Waals surface area contributed by atoms with Crippen molar-refractivity contribution in [3.63, 3.8) is 0 Å². The molecular formula is C7H16ClNO4S. The average molecular weight is 246 g/mol. The van der Waals surface area contributed by atoms with Gasteiger partial charge < -0.3 is 25.4 Å². The molecular weight excluding hydrogens is 230 g/mol. The number of thiol groups is 1. The third kappa shape index (κ3) is 2.73. The summed E-state index contributed by atoms with van der Waals surface area (Å²) in [6.45, 7) is -0.283. The van der Waals surface area contributed by atoms with Gasteiger partial charge in [-0.05, 0) is 0 Å². The van der Waals surface area contributed by atoms with Crippen LogP contribution in [0.15, 0.2) is 0 Å². The highest BCUT2D eigenvalue weighted by molar-refractivity contribution is 7.81. The van der Waals surface area contributed by atoms with Crippen LogP contribution >= 0.6 is 25.0 Å². The number of rotatable bonds is 2. The minimum absolute atomic E-state index is 0. The minimum atomic E-state index is -0.904. The van der Waals surface area contributed by atoms with E-state index in [1.165, 1.54) is 7.11 Å². The van der Waals surface area contributed by atoms with E-state index < -0.39 is 24.5 Å². The van der Waals surface area contributed by atoms with E-state index in [1.807, 2.05) is 0 Å². The van der Waals surface area contributed by atoms with E-state index >= 15 is 0 Å². The van der Waals surface area contributed by atoms with E-state index in [1.54, 1.807) is 0 Å². The summed E-state index contributed by atoms with van der Waals surface area (Å²) < 4.78 is 10.2. The summed E-state index contributed by atoms with van der Waals surface area (Å²) in [5.74, 6) is 0. The molecule has 5 atom stereocenters. The van der Waals surface area contributed by atoms with Crippen molar-refractivity contribution in [1.29, 1.82) is 0 Å². The van der Waals surface area contributed by atoms with Gasteiger partial charge in [-0.1, -0.05) is 0 Å². The van der Waals surface area contributed by atoms with Gasteiger partial charge in [0.1, 0.15) is 6.10 Å². The fourth-order valence-electron chi connectivity index (χ4n) is 1.31. The molecule has 1 saturated heterocycles. The van der Waals surface area contributed by atoms with Gasteiger partial charge in [0.2, 0.25) is 0 Å². The molecule has 4 N–H and O–H groups in total. The van der Waals surface area contributed by atoms with Crippen molar-refractivity contribution in [2.45, 2.75) is 29.8 Å². The first-order valence-electron chi connectivity index (χ1n) is 4.02. The number of nitrogens with two attached hydrogens (primary N) is 1. The maximum absolute atomic E-state index is 9.51. The molecule has 14 heavy (non-hydrogen) atoms. The van der Waals surface area contributed by atoms with Gasteiger partial charge in [-0.3, -0.25) is 0 Å². The minimum Gasteiger partial charge on any atom is -0.394 e. The third-order valence-electron chi connectivity index (χ3n) is 2.17. The highest BCUT2D eigenvalue weighted by Gasteiger charge is 2.41. The van der Waals surface area contributed by atoms with Crippen LogP contribution in [0, 0.1) is 0 Å². The number of hydrogen-bond acceptors (Lipinski definition) is 6. The summed E-state index contributed by atoms with van der Waals surface area (Å²) in [5.41, 5.74) is 5.66. The van der Waals surface area contributed by atoms with Crippen molar-refractivity contribution < 1.29 is 19.7 Å². The highest BCUT2D eigenvalue weighted by Crippen LogP contribution is 2.23. The van der Waals surface area contributed by atoms with E-state index in [0.29, 0.717) is 0 Å². The Morgan fingerprint density at radius 2 is 2.14 bits per heavy atom. The van der Waals surface area contributed by atoms with Crippen molar-refractivity contribution >= 4 is 25.0 Å². The summed E-state index contributed by atoms with van der Waals surface area (Å²) in [4.78, 5) is 0. The summed E-state index contributed by atoms with van der Waals surface area (Å²) in [6, 6.07) is -0.556. The Morgan fingerprint density at radius 1 is 1.57 bits per heavy atom. The molecule has 5 nitrogen and oxygen atoms in total. The van der Waals surface area contributed by atoms with Crippen molar-refractivity contribution in [2.24, 2.45) is 5.73 Å². The summed E-state index contributed by atoms with van der Waals surface area (Å²) >= 11 is 4.15. The number of aliphatic hydroxyl groups excluding tert-OH is 2. The number of halogens is 1. The van der Waals surface area contributed by atoms with Crippen LogP contribution in [-0.2, 0) is 9.47 Å². The zero-order chi connectivity index (χ0) is 10.0. The predicted octanol–water partition coefficient (Wildman–Crippen LogP) is -1.24. The Bertz CT molecular complexity index is 156. The maximum atomic E-state index is 9.51. The second-order valence-electron chi connectivity index (χ2n) is 3.02. The van der Waals surface area contributed by atoms with Gasteiger partial charge in [-0.25, -0.2) is 0 Å². The zero-order valence-electron chi connectivity index (χ0n) is 7.74. The molecule has 0 radical (unpaired) electrons. The number of aliphatic hydroxyl groups is 2. The number of hydrogen-bond donors (Lipinski definition) is 4. The van der Waals surface area contributed by atoms with Crippen LogP contribution < -0.4 is 5.73 Å². The van der Waals surface area contributed by atoms with Gasteiger partial charge in [-0.2, -0.15) is 12.6 Å². The topological polar surface area (TPSA) is 84.9 Å². The molecule has 0 amide bonds. The van der Waals surface area contributed by atoms with Crippen molar-refractivity contribution in [2.75, 3.05) is 13.7 Å². The van der Waals surface area contributed by atoms with Crippen molar-refractivity contribution in [3.05, 3.63) is 0 Å². The second kappa shape index (κ2) is 6.12. The normalized spacial score (nSPS) is 43.1. The highest BCUT2D eigenvalue weighted by atomic mass is 35.5. The number of methoxy groups -OCH3 is 1. The first-order valence-corrected chi connectivity index (χ1v) is 4.54. The molecule has 0 aliphatic carbocycles. The maximum Gasteiger partial charge on any atom is 0.170 e. The molecule has 0 unspecified atom stereocenters. The molecule has 0 spiro atoms. The smallest absolute Gasteiger partial charge is 0.170 e. The van der Waals surface area contributed by atoms with Crippen LogP contribution in [0.4, 0.5) is 0 Å². The zero-order valence-corrected chi connectivity index (χ0v) is 9.45. The summed E-state index contributed by atoms with van der Waals surface area (Å²) in [5, 5.41) is 18.0. The van der Waals surface area contributed by atoms with Crippen LogP contribution in [0.2, 0.25) is 0 Å². The lowest BCUT2D eigenvalue weighted by molar-refractivity contribution is -0.220. The largest absolute Gasteiger partial charge is 0.394 e. The van der Waals surface area contributed by atoms with Gasteiger partial charge in [0.15, 0.2) is 6.29 Å². The van der Waals surface area contributed by atoms with E-state index in [2.05, 4.69) is 12.6 Å². The lowest BCUT2D eigenvalue weighted by atomic mass is 9.99. The molecule has 1 rings (SSSR count). The standard InChI is InChI=1S/C7H15NO4S.ClH/c1-11-7-6(13)4(8)5(10)3(2-9)12-7;/h3-7,9-10,13H,2,8H2,1H3;1H/t3-,4-,5-,6-,7+;/m1./s1. The Hall–Kier alpha value is 0.440. The Morgan fingerprint density at radius 3 is 2.57 bits per heavy atom. The second-order valence-corrected chi connectivity index (χ2v) is 3.62. The van der Waals surface area contributed by atoms with E-state index in [9.17, 15) is 5.11 Å². The quantitative estimate of drug-likeness (QED) is 0.458. The molecule has 1 fully saturated rings. The molecule has 0 aromatic heterocycles. The van der Waals surface area contributed by atoms with Crippen LogP contribution in [0.3, 0.4) is 0 Å². The van der Waals surface area contributed by atoms with E-state index in [-0.39, 0.29) is 24.3 Å². The van der Waals surface area contributed by atoms with Crippen LogP contribution in [-0.4, -0.2) is 53.7 Å². The lowest BCUT2D eigenvalue weighted by Gasteiger charge is -2.40.